The van der Waals surface area contributed by atoms with Crippen molar-refractivity contribution in [3.63, 3.8) is 0 Å². The number of nitrogens with zero attached hydrogens (tertiary/aromatic N) is 1. The normalized spacial score (nSPS) is 25.7. The van der Waals surface area contributed by atoms with Crippen LogP contribution in [0.1, 0.15) is 50.7 Å². The molecule has 1 aliphatic rings. The second-order valence-corrected chi connectivity index (χ2v) is 7.71. The lowest BCUT2D eigenvalue weighted by atomic mass is 9.66. The van der Waals surface area contributed by atoms with Gasteiger partial charge in [0, 0.05) is 30.3 Å². The average molecular weight is 369 g/mol. The predicted octanol–water partition coefficient (Wildman–Crippen LogP) is 5.26. The Labute approximate surface area is 160 Å². The van der Waals surface area contributed by atoms with E-state index in [4.69, 9.17) is 4.74 Å². The quantitative estimate of drug-likeness (QED) is 0.706. The van der Waals surface area contributed by atoms with Crippen LogP contribution >= 0.6 is 0 Å². The topological polar surface area (TPSA) is 41.8 Å². The Morgan fingerprint density at radius 2 is 1.93 bits per heavy atom. The molecular formula is C23H28FNO2. The molecule has 1 aliphatic heterocycles. The summed E-state index contributed by atoms with van der Waals surface area (Å²) in [5, 5.41) is 9.87. The molecule has 2 aromatic rings. The first kappa shape index (κ1) is 19.6. The first-order chi connectivity index (χ1) is 13.0. The van der Waals surface area contributed by atoms with E-state index in [0.29, 0.717) is 13.2 Å². The van der Waals surface area contributed by atoms with Gasteiger partial charge in [0.05, 0.1) is 5.60 Å². The van der Waals surface area contributed by atoms with Gasteiger partial charge < -0.3 is 9.84 Å². The Hall–Kier alpha value is -2.20. The molecule has 0 radical (unpaired) electrons. The maximum atomic E-state index is 13.5. The van der Waals surface area contributed by atoms with Gasteiger partial charge >= 0.3 is 0 Å². The molecule has 2 unspecified atom stereocenters. The Kier molecular flexibility index (Phi) is 5.95. The van der Waals surface area contributed by atoms with Crippen LogP contribution in [0.15, 0.2) is 53.5 Å². The Bertz CT molecular complexity index is 789. The highest BCUT2D eigenvalue weighted by atomic mass is 19.1. The van der Waals surface area contributed by atoms with Gasteiger partial charge in [0.15, 0.2) is 0 Å². The van der Waals surface area contributed by atoms with Gasteiger partial charge in [-0.15, -0.1) is 0 Å². The molecule has 0 amide bonds. The number of phenolic OH excluding ortho intramolecular Hbond substituents is 1. The predicted molar refractivity (Wildman–Crippen MR) is 107 cm³/mol. The van der Waals surface area contributed by atoms with Gasteiger partial charge in [0.1, 0.15) is 11.6 Å². The second kappa shape index (κ2) is 8.22. The molecule has 0 aliphatic carbocycles. The third-order valence-electron chi connectivity index (χ3n) is 5.83. The zero-order chi connectivity index (χ0) is 19.3. The van der Waals surface area contributed by atoms with E-state index >= 15 is 0 Å². The van der Waals surface area contributed by atoms with Crippen molar-refractivity contribution >= 4 is 6.21 Å². The maximum Gasteiger partial charge on any atom is 0.124 e. The molecule has 27 heavy (non-hydrogen) atoms. The van der Waals surface area contributed by atoms with Gasteiger partial charge in [-0.05, 0) is 62.4 Å². The monoisotopic (exact) mass is 369 g/mol. The molecular weight excluding hydrogens is 341 g/mol. The summed E-state index contributed by atoms with van der Waals surface area (Å²) in [7, 11) is 0. The van der Waals surface area contributed by atoms with Crippen LogP contribution in [0, 0.1) is 5.82 Å². The smallest absolute Gasteiger partial charge is 0.124 e. The summed E-state index contributed by atoms with van der Waals surface area (Å²) in [4.78, 5) is 4.56. The van der Waals surface area contributed by atoms with Gasteiger partial charge in [-0.1, -0.05) is 31.2 Å². The van der Waals surface area contributed by atoms with Gasteiger partial charge in [0.2, 0.25) is 0 Å². The summed E-state index contributed by atoms with van der Waals surface area (Å²) in [6.07, 6.45) is 5.33. The lowest BCUT2D eigenvalue weighted by Gasteiger charge is -2.46. The number of ether oxygens (including phenoxy) is 1. The lowest BCUT2D eigenvalue weighted by molar-refractivity contribution is -0.0976. The molecule has 1 heterocycles. The zero-order valence-electron chi connectivity index (χ0n) is 16.1. The van der Waals surface area contributed by atoms with Crippen molar-refractivity contribution in [2.45, 2.75) is 50.5 Å². The molecule has 1 N–H and O–H groups in total. The fraction of sp³-hybridized carbons (Fsp3) is 0.435. The van der Waals surface area contributed by atoms with Crippen LogP contribution in [0.5, 0.6) is 5.75 Å². The second-order valence-electron chi connectivity index (χ2n) is 7.71. The third-order valence-corrected chi connectivity index (χ3v) is 5.83. The molecule has 0 aromatic heterocycles. The van der Waals surface area contributed by atoms with E-state index in [1.807, 2.05) is 24.3 Å². The number of aromatic hydroxyl groups is 1. The summed E-state index contributed by atoms with van der Waals surface area (Å²) in [5.74, 6) is 0.0240. The largest absolute Gasteiger partial charge is 0.507 e. The van der Waals surface area contributed by atoms with Crippen molar-refractivity contribution in [2.75, 3.05) is 13.2 Å². The van der Waals surface area contributed by atoms with Crippen molar-refractivity contribution in [3.05, 3.63) is 65.5 Å². The van der Waals surface area contributed by atoms with Crippen LogP contribution in [0.2, 0.25) is 0 Å². The molecule has 0 spiro atoms. The molecule has 0 bridgehead atoms. The van der Waals surface area contributed by atoms with Gasteiger partial charge in [0.25, 0.3) is 0 Å². The summed E-state index contributed by atoms with van der Waals surface area (Å²) in [6, 6.07) is 14.1. The molecule has 1 fully saturated rings. The average Bonchev–Trinajstić information content (AvgIpc) is 2.67. The highest BCUT2D eigenvalue weighted by Gasteiger charge is 2.43. The number of para-hydroxylation sites is 1. The number of phenols is 1. The number of halogens is 1. The minimum absolute atomic E-state index is 0.0766. The summed E-state index contributed by atoms with van der Waals surface area (Å²) < 4.78 is 19.5. The molecule has 2 aromatic carbocycles. The van der Waals surface area contributed by atoms with Crippen LogP contribution in [0.4, 0.5) is 4.39 Å². The first-order valence-electron chi connectivity index (χ1n) is 9.64. The fourth-order valence-electron chi connectivity index (χ4n) is 4.02. The lowest BCUT2D eigenvalue weighted by Crippen LogP contribution is -2.45. The van der Waals surface area contributed by atoms with E-state index in [-0.39, 0.29) is 22.6 Å². The minimum Gasteiger partial charge on any atom is -0.507 e. The van der Waals surface area contributed by atoms with E-state index in [1.165, 1.54) is 0 Å². The van der Waals surface area contributed by atoms with E-state index in [0.717, 1.165) is 36.8 Å². The van der Waals surface area contributed by atoms with Crippen molar-refractivity contribution in [3.8, 4) is 5.75 Å². The van der Waals surface area contributed by atoms with E-state index in [2.05, 4.69) is 18.8 Å². The summed E-state index contributed by atoms with van der Waals surface area (Å²) in [6.45, 7) is 5.66. The Balaban J connectivity index is 1.80. The Morgan fingerprint density at radius 1 is 1.19 bits per heavy atom. The van der Waals surface area contributed by atoms with E-state index < -0.39 is 0 Å². The minimum atomic E-state index is -0.211. The van der Waals surface area contributed by atoms with E-state index in [9.17, 15) is 9.50 Å². The zero-order valence-corrected chi connectivity index (χ0v) is 16.1. The number of benzene rings is 2. The van der Waals surface area contributed by atoms with Crippen LogP contribution in [-0.4, -0.2) is 30.1 Å². The molecule has 3 rings (SSSR count). The van der Waals surface area contributed by atoms with Gasteiger partial charge in [-0.2, -0.15) is 0 Å². The van der Waals surface area contributed by atoms with Crippen molar-refractivity contribution in [2.24, 2.45) is 4.99 Å². The molecule has 3 nitrogen and oxygen atoms in total. The van der Waals surface area contributed by atoms with Gasteiger partial charge in [-0.25, -0.2) is 4.39 Å². The number of rotatable bonds is 6. The molecule has 4 heteroatoms. The highest BCUT2D eigenvalue weighted by molar-refractivity contribution is 5.83. The molecule has 2 atom stereocenters. The third kappa shape index (κ3) is 4.56. The van der Waals surface area contributed by atoms with Crippen LogP contribution in [0.25, 0.3) is 0 Å². The van der Waals surface area contributed by atoms with Crippen molar-refractivity contribution in [1.29, 1.82) is 0 Å². The van der Waals surface area contributed by atoms with Crippen LogP contribution < -0.4 is 0 Å². The van der Waals surface area contributed by atoms with E-state index in [1.54, 1.807) is 30.5 Å². The highest BCUT2D eigenvalue weighted by Crippen LogP contribution is 2.45. The van der Waals surface area contributed by atoms with Crippen LogP contribution in [-0.2, 0) is 10.2 Å². The molecule has 0 saturated carbocycles. The number of hydrogen-bond donors (Lipinski definition) is 1. The summed E-state index contributed by atoms with van der Waals surface area (Å²) in [5.41, 5.74) is 1.63. The standard InChI is InChI=1S/C23H28FNO2/c1-3-22(2)17-23(13-15-27-22,19-8-10-20(24)11-9-19)12-14-25-16-18-6-4-5-7-21(18)26/h4-11,16,26H,3,12-15,17H2,1-2H3. The van der Waals surface area contributed by atoms with Crippen molar-refractivity contribution < 1.29 is 14.2 Å². The maximum absolute atomic E-state index is 13.5. The number of aliphatic imine (C=N–C) groups is 1. The van der Waals surface area contributed by atoms with Gasteiger partial charge in [-0.3, -0.25) is 4.99 Å². The SMILES string of the molecule is CCC1(C)CC(CCN=Cc2ccccc2O)(c2ccc(F)cc2)CCO1. The first-order valence-corrected chi connectivity index (χ1v) is 9.64. The summed E-state index contributed by atoms with van der Waals surface area (Å²) >= 11 is 0. The molecule has 1 saturated heterocycles. The Morgan fingerprint density at radius 3 is 2.63 bits per heavy atom. The molecule has 144 valence electrons. The van der Waals surface area contributed by atoms with Crippen molar-refractivity contribution in [1.82, 2.24) is 0 Å². The fourth-order valence-corrected chi connectivity index (χ4v) is 4.02. The van der Waals surface area contributed by atoms with Crippen LogP contribution in [0.3, 0.4) is 0 Å². The number of hydrogen-bond acceptors (Lipinski definition) is 3.